The van der Waals surface area contributed by atoms with E-state index in [0.29, 0.717) is 34.5 Å². The van der Waals surface area contributed by atoms with Gasteiger partial charge in [0.2, 0.25) is 27.7 Å². The van der Waals surface area contributed by atoms with E-state index in [2.05, 4.69) is 16.0 Å². The molecule has 2 saturated heterocycles. The number of carbonyl (C=O) groups is 7. The molecule has 75 heavy (non-hydrogen) atoms. The summed E-state index contributed by atoms with van der Waals surface area (Å²) in [5.41, 5.74) is 1.72. The number of aliphatic carboxylic acids is 1. The maximum absolute atomic E-state index is 13.6. The fourth-order valence-electron chi connectivity index (χ4n) is 8.35. The number of amides is 5. The van der Waals surface area contributed by atoms with Gasteiger partial charge in [-0.25, -0.2) is 22.3 Å². The largest absolute Gasteiger partial charge is 0.490 e. The van der Waals surface area contributed by atoms with E-state index in [1.807, 2.05) is 18.2 Å². The van der Waals surface area contributed by atoms with Crippen molar-refractivity contribution >= 4 is 85.8 Å². The second-order valence-electron chi connectivity index (χ2n) is 18.6. The monoisotopic (exact) mass is 1100 g/mol. The molecule has 21 nitrogen and oxygen atoms in total. The second kappa shape index (κ2) is 25.4. The third kappa shape index (κ3) is 15.1. The predicted molar refractivity (Wildman–Crippen MR) is 275 cm³/mol. The number of hydrogen-bond donors (Lipinski definition) is 4. The summed E-state index contributed by atoms with van der Waals surface area (Å²) in [6, 6.07) is 17.5. The molecule has 4 aromatic rings. The molecule has 0 aliphatic carbocycles. The zero-order valence-corrected chi connectivity index (χ0v) is 43.9. The number of sulfonamides is 1. The zero-order valence-electron chi connectivity index (χ0n) is 41.5. The average molecular weight is 1100 g/mol. The quantitative estimate of drug-likeness (QED) is 0.0349. The fraction of sp³-hybridized carbons (Fsp3) is 0.431. The Balaban J connectivity index is 0.766. The normalized spacial score (nSPS) is 16.4. The molecule has 24 heteroatoms. The van der Waals surface area contributed by atoms with Crippen LogP contribution in [0.5, 0.6) is 11.5 Å². The molecule has 0 spiro atoms. The van der Waals surface area contributed by atoms with Crippen LogP contribution in [0.4, 0.5) is 11.4 Å². The number of rotatable bonds is 25. The number of piperidine rings is 2. The SMILES string of the molecule is CC(C)(C)OC(=O)c1sc(-c2cccc(NC3CCN(S(=O)(=O)Cc4cccc(NC(=O)CCOCCOCCOCCOc5cccc6c5C(=O)N(C5CCC(=O)NC5=O)C6=O)c4)CC3)c2)c(Cl)c1OCC(=O)O. The topological polar surface area (TPSA) is 272 Å². The number of nitrogens with zero attached hydrogens (tertiary/aromatic N) is 2. The Morgan fingerprint density at radius 2 is 1.49 bits per heavy atom. The van der Waals surface area contributed by atoms with Gasteiger partial charge in [0.15, 0.2) is 17.2 Å². The van der Waals surface area contributed by atoms with Crippen LogP contribution >= 0.6 is 22.9 Å². The molecule has 3 aliphatic heterocycles. The van der Waals surface area contributed by atoms with E-state index in [4.69, 9.17) is 40.0 Å². The number of fused-ring (bicyclic) bond motifs is 1. The highest BCUT2D eigenvalue weighted by atomic mass is 35.5. The van der Waals surface area contributed by atoms with E-state index in [0.717, 1.165) is 21.9 Å². The number of halogens is 1. The Morgan fingerprint density at radius 1 is 0.827 bits per heavy atom. The van der Waals surface area contributed by atoms with Gasteiger partial charge in [-0.1, -0.05) is 41.9 Å². The minimum atomic E-state index is -3.70. The highest BCUT2D eigenvalue weighted by Crippen LogP contribution is 2.46. The Kier molecular flexibility index (Phi) is 19.0. The van der Waals surface area contributed by atoms with Crippen molar-refractivity contribution in [3.63, 3.8) is 0 Å². The van der Waals surface area contributed by atoms with Crippen molar-refractivity contribution in [3.05, 3.63) is 93.3 Å². The molecule has 2 fully saturated rings. The summed E-state index contributed by atoms with van der Waals surface area (Å²) in [4.78, 5) is 88.6. The van der Waals surface area contributed by atoms with Crippen molar-refractivity contribution in [1.29, 1.82) is 0 Å². The lowest BCUT2D eigenvalue weighted by atomic mass is 10.0. The van der Waals surface area contributed by atoms with E-state index in [1.165, 1.54) is 10.4 Å². The summed E-state index contributed by atoms with van der Waals surface area (Å²) in [6.45, 7) is 6.33. The predicted octanol–water partition coefficient (Wildman–Crippen LogP) is 5.75. The van der Waals surface area contributed by atoms with Gasteiger partial charge in [0.25, 0.3) is 11.8 Å². The van der Waals surface area contributed by atoms with E-state index in [9.17, 15) is 47.1 Å². The molecular weight excluding hydrogens is 1040 g/mol. The van der Waals surface area contributed by atoms with Crippen LogP contribution in [0.15, 0.2) is 66.7 Å². The first kappa shape index (κ1) is 56.3. The summed E-state index contributed by atoms with van der Waals surface area (Å²) in [5.74, 6) is -4.81. The molecule has 4 N–H and O–H groups in total. The molecule has 1 unspecified atom stereocenters. The minimum Gasteiger partial charge on any atom is -0.490 e. The number of carboxylic acids is 1. The van der Waals surface area contributed by atoms with Crippen molar-refractivity contribution in [2.75, 3.05) is 76.6 Å². The van der Waals surface area contributed by atoms with Gasteiger partial charge in [-0.05, 0) is 87.6 Å². The number of esters is 1. The molecule has 7 rings (SSSR count). The molecule has 1 aromatic heterocycles. The summed E-state index contributed by atoms with van der Waals surface area (Å²) in [7, 11) is -3.70. The number of benzene rings is 3. The first-order valence-corrected chi connectivity index (χ1v) is 26.9. The molecule has 3 aromatic carbocycles. The average Bonchev–Trinajstić information content (AvgIpc) is 3.82. The molecule has 1 atom stereocenters. The summed E-state index contributed by atoms with van der Waals surface area (Å²) < 4.78 is 62.0. The van der Waals surface area contributed by atoms with E-state index < -0.39 is 63.8 Å². The van der Waals surface area contributed by atoms with Crippen LogP contribution in [0, 0.1) is 0 Å². The standard InChI is InChI=1S/C51H58ClN5O16S2/c1-51(2,3)73-50(65)46-44(72-29-41(60)61)43(52)45(74-46)32-8-5-10-35(28-32)53-33-15-18-56(19-16-33)75(66,67)30-31-7-4-9-34(27-31)54-40(59)17-20-68-21-22-69-23-24-70-25-26-71-38-12-6-11-36-42(38)49(64)57(48(36)63)37-13-14-39(58)55-47(37)62/h4-12,27-28,33,37,53H,13-26,29-30H2,1-3H3,(H,54,59)(H,60,61)(H,55,58,62). The number of carbonyl (C=O) groups excluding carboxylic acids is 6. The van der Waals surface area contributed by atoms with Gasteiger partial charge in [-0.2, -0.15) is 0 Å². The Hall–Kier alpha value is -6.47. The van der Waals surface area contributed by atoms with E-state index in [-0.39, 0.29) is 129 Å². The summed E-state index contributed by atoms with van der Waals surface area (Å²) in [5, 5.41) is 17.7. The van der Waals surface area contributed by atoms with Crippen LogP contribution in [0.1, 0.15) is 88.8 Å². The number of ether oxygens (including phenoxy) is 6. The molecular formula is C51H58ClN5O16S2. The van der Waals surface area contributed by atoms with Crippen molar-refractivity contribution < 1.29 is 75.5 Å². The lowest BCUT2D eigenvalue weighted by Crippen LogP contribution is -2.54. The Morgan fingerprint density at radius 3 is 2.19 bits per heavy atom. The van der Waals surface area contributed by atoms with Crippen molar-refractivity contribution in [2.45, 2.75) is 76.3 Å². The van der Waals surface area contributed by atoms with E-state index >= 15 is 0 Å². The highest BCUT2D eigenvalue weighted by Gasteiger charge is 2.46. The van der Waals surface area contributed by atoms with Gasteiger partial charge in [-0.15, -0.1) is 11.3 Å². The number of hydrogen-bond acceptors (Lipinski definition) is 17. The van der Waals surface area contributed by atoms with Crippen LogP contribution in [0.2, 0.25) is 5.02 Å². The summed E-state index contributed by atoms with van der Waals surface area (Å²) >= 11 is 7.73. The van der Waals surface area contributed by atoms with Crippen molar-refractivity contribution in [3.8, 4) is 21.9 Å². The van der Waals surface area contributed by atoms with Crippen molar-refractivity contribution in [1.82, 2.24) is 14.5 Å². The van der Waals surface area contributed by atoms with Gasteiger partial charge in [0, 0.05) is 36.9 Å². The minimum absolute atomic E-state index is 0.0176. The molecule has 0 radical (unpaired) electrons. The molecule has 0 bridgehead atoms. The third-order valence-electron chi connectivity index (χ3n) is 11.8. The molecule has 5 amide bonds. The molecule has 3 aliphatic rings. The van der Waals surface area contributed by atoms with Crippen LogP contribution in [-0.4, -0.2) is 148 Å². The number of nitrogens with one attached hydrogen (secondary N) is 3. The molecule has 4 heterocycles. The van der Waals surface area contributed by atoms with E-state index in [1.54, 1.807) is 63.2 Å². The first-order chi connectivity index (χ1) is 35.8. The lowest BCUT2D eigenvalue weighted by Gasteiger charge is -2.32. The van der Waals surface area contributed by atoms with Gasteiger partial charge in [-0.3, -0.25) is 34.2 Å². The number of anilines is 2. The van der Waals surface area contributed by atoms with Gasteiger partial charge in [0.1, 0.15) is 29.0 Å². The van der Waals surface area contributed by atoms with Gasteiger partial charge < -0.3 is 44.2 Å². The highest BCUT2D eigenvalue weighted by molar-refractivity contribution is 7.88. The van der Waals surface area contributed by atoms with Gasteiger partial charge >= 0.3 is 11.9 Å². The number of carboxylic acid groups (broad SMARTS) is 1. The fourth-order valence-corrected chi connectivity index (χ4v) is 11.3. The van der Waals surface area contributed by atoms with Crippen LogP contribution in [0.25, 0.3) is 10.4 Å². The smallest absolute Gasteiger partial charge is 0.352 e. The second-order valence-corrected chi connectivity index (χ2v) is 21.9. The Bertz CT molecular complexity index is 2900. The van der Waals surface area contributed by atoms with Gasteiger partial charge in [0.05, 0.1) is 67.8 Å². The Labute approximate surface area is 442 Å². The number of imide groups is 2. The van der Waals surface area contributed by atoms with Crippen LogP contribution in [0.3, 0.4) is 0 Å². The lowest BCUT2D eigenvalue weighted by molar-refractivity contribution is -0.139. The molecule has 0 saturated carbocycles. The van der Waals surface area contributed by atoms with Crippen LogP contribution in [-0.2, 0) is 53.9 Å². The number of thiophene rings is 1. The first-order valence-electron chi connectivity index (χ1n) is 24.1. The third-order valence-corrected chi connectivity index (χ3v) is 15.3. The molecule has 402 valence electrons. The maximum atomic E-state index is 13.6. The maximum Gasteiger partial charge on any atom is 0.352 e. The zero-order chi connectivity index (χ0) is 53.9. The van der Waals surface area contributed by atoms with Crippen molar-refractivity contribution in [2.24, 2.45) is 0 Å². The summed E-state index contributed by atoms with van der Waals surface area (Å²) in [6.07, 6.45) is 1.18. The van der Waals surface area contributed by atoms with Crippen LogP contribution < -0.4 is 25.4 Å².